The Morgan fingerprint density at radius 1 is 1.41 bits per heavy atom. The number of guanidine groups is 1. The second kappa shape index (κ2) is 9.10. The predicted molar refractivity (Wildman–Crippen MR) is 94.5 cm³/mol. The largest absolute Gasteiger partial charge is 0.356 e. The fourth-order valence-corrected chi connectivity index (χ4v) is 3.39. The molecule has 1 aromatic rings. The number of likely N-dealkylation sites (tertiary alicyclic amines) is 1. The van der Waals surface area contributed by atoms with Crippen molar-refractivity contribution in [2.75, 3.05) is 33.2 Å². The van der Waals surface area contributed by atoms with Crippen molar-refractivity contribution in [1.29, 1.82) is 0 Å². The van der Waals surface area contributed by atoms with Gasteiger partial charge in [0, 0.05) is 18.5 Å². The molecule has 0 atom stereocenters. The fraction of sp³-hybridized carbons (Fsp3) is 0.750. The van der Waals surface area contributed by atoms with Crippen molar-refractivity contribution in [3.05, 3.63) is 16.1 Å². The summed E-state index contributed by atoms with van der Waals surface area (Å²) in [6, 6.07) is 0. The molecule has 1 aliphatic heterocycles. The molecule has 2 rings (SSSR count). The summed E-state index contributed by atoms with van der Waals surface area (Å²) >= 11 is 1.69. The third-order valence-corrected chi connectivity index (χ3v) is 5.24. The minimum absolute atomic E-state index is 0.792. The Balaban J connectivity index is 1.59. The molecule has 5 nitrogen and oxygen atoms in total. The molecule has 0 amide bonds. The van der Waals surface area contributed by atoms with Gasteiger partial charge in [0.2, 0.25) is 0 Å². The standard InChI is InChI=1S/C16H29N5S/c1-13-5-9-21(10-6-13)8-4-7-18-16(17-3)19-11-15-14(2)20-12-22-15/h12-13H,4-11H2,1-3H3,(H2,17,18,19). The van der Waals surface area contributed by atoms with Crippen molar-refractivity contribution < 1.29 is 0 Å². The van der Waals surface area contributed by atoms with E-state index in [1.807, 2.05) is 19.5 Å². The average molecular weight is 324 g/mol. The number of thiazole rings is 1. The van der Waals surface area contributed by atoms with Crippen molar-refractivity contribution in [2.24, 2.45) is 10.9 Å². The molecule has 0 unspecified atom stereocenters. The Morgan fingerprint density at radius 3 is 2.82 bits per heavy atom. The molecular weight excluding hydrogens is 294 g/mol. The lowest BCUT2D eigenvalue weighted by Gasteiger charge is -2.30. The fourth-order valence-electron chi connectivity index (χ4n) is 2.68. The van der Waals surface area contributed by atoms with Gasteiger partial charge in [-0.1, -0.05) is 6.92 Å². The minimum atomic E-state index is 0.792. The monoisotopic (exact) mass is 323 g/mol. The summed E-state index contributed by atoms with van der Waals surface area (Å²) in [6.07, 6.45) is 3.87. The molecule has 2 N–H and O–H groups in total. The van der Waals surface area contributed by atoms with Gasteiger partial charge in [0.25, 0.3) is 0 Å². The number of piperidine rings is 1. The maximum atomic E-state index is 4.28. The number of hydrogen-bond acceptors (Lipinski definition) is 4. The van der Waals surface area contributed by atoms with Crippen LogP contribution >= 0.6 is 11.3 Å². The van der Waals surface area contributed by atoms with Crippen LogP contribution in [0.1, 0.15) is 36.8 Å². The lowest BCUT2D eigenvalue weighted by molar-refractivity contribution is 0.191. The zero-order valence-electron chi connectivity index (χ0n) is 14.1. The first-order chi connectivity index (χ1) is 10.7. The van der Waals surface area contributed by atoms with Crippen molar-refractivity contribution in [1.82, 2.24) is 20.5 Å². The van der Waals surface area contributed by atoms with Gasteiger partial charge in [-0.2, -0.15) is 0 Å². The van der Waals surface area contributed by atoms with Crippen LogP contribution in [0, 0.1) is 12.8 Å². The molecule has 0 bridgehead atoms. The smallest absolute Gasteiger partial charge is 0.191 e. The van der Waals surface area contributed by atoms with Crippen LogP contribution in [0.4, 0.5) is 0 Å². The van der Waals surface area contributed by atoms with E-state index in [1.54, 1.807) is 11.3 Å². The van der Waals surface area contributed by atoms with E-state index in [2.05, 4.69) is 32.4 Å². The number of aliphatic imine (C=N–C) groups is 1. The van der Waals surface area contributed by atoms with Gasteiger partial charge >= 0.3 is 0 Å². The molecule has 1 aliphatic rings. The lowest BCUT2D eigenvalue weighted by atomic mass is 9.99. The molecule has 0 saturated carbocycles. The molecule has 2 heterocycles. The maximum Gasteiger partial charge on any atom is 0.191 e. The number of aryl methyl sites for hydroxylation is 1. The Labute approximate surface area is 138 Å². The number of nitrogens with one attached hydrogen (secondary N) is 2. The first-order valence-corrected chi connectivity index (χ1v) is 9.13. The SMILES string of the molecule is CN=C(NCCCN1CCC(C)CC1)NCc1scnc1C. The molecule has 22 heavy (non-hydrogen) atoms. The molecule has 1 aromatic heterocycles. The molecular formula is C16H29N5S. The second-order valence-corrected chi connectivity index (χ2v) is 7.03. The zero-order chi connectivity index (χ0) is 15.8. The zero-order valence-corrected chi connectivity index (χ0v) is 14.9. The summed E-state index contributed by atoms with van der Waals surface area (Å²) in [6.45, 7) is 9.87. The highest BCUT2D eigenvalue weighted by Gasteiger charge is 2.14. The third kappa shape index (κ3) is 5.57. The summed E-state index contributed by atoms with van der Waals surface area (Å²) < 4.78 is 0. The van der Waals surface area contributed by atoms with Gasteiger partial charge < -0.3 is 15.5 Å². The third-order valence-electron chi connectivity index (χ3n) is 4.30. The maximum absolute atomic E-state index is 4.28. The first kappa shape index (κ1) is 17.2. The van der Waals surface area contributed by atoms with Crippen LogP contribution in [0.2, 0.25) is 0 Å². The van der Waals surface area contributed by atoms with Gasteiger partial charge in [-0.25, -0.2) is 4.98 Å². The topological polar surface area (TPSA) is 52.6 Å². The van der Waals surface area contributed by atoms with Crippen LogP contribution in [0.5, 0.6) is 0 Å². The van der Waals surface area contributed by atoms with E-state index >= 15 is 0 Å². The molecule has 1 saturated heterocycles. The van der Waals surface area contributed by atoms with E-state index in [0.29, 0.717) is 0 Å². The van der Waals surface area contributed by atoms with Crippen LogP contribution in [-0.4, -0.2) is 49.1 Å². The molecule has 0 spiro atoms. The molecule has 1 fully saturated rings. The van der Waals surface area contributed by atoms with E-state index in [4.69, 9.17) is 0 Å². The number of hydrogen-bond donors (Lipinski definition) is 2. The van der Waals surface area contributed by atoms with Gasteiger partial charge in [-0.15, -0.1) is 11.3 Å². The van der Waals surface area contributed by atoms with Gasteiger partial charge in [0.1, 0.15) is 0 Å². The van der Waals surface area contributed by atoms with E-state index in [1.165, 1.54) is 37.4 Å². The number of aromatic nitrogens is 1. The normalized spacial score (nSPS) is 17.7. The van der Waals surface area contributed by atoms with Crippen molar-refractivity contribution in [2.45, 2.75) is 39.7 Å². The van der Waals surface area contributed by atoms with Crippen LogP contribution in [-0.2, 0) is 6.54 Å². The summed E-state index contributed by atoms with van der Waals surface area (Å²) in [5.41, 5.74) is 2.99. The van der Waals surface area contributed by atoms with E-state index in [9.17, 15) is 0 Å². The van der Waals surface area contributed by atoms with Crippen LogP contribution < -0.4 is 10.6 Å². The van der Waals surface area contributed by atoms with Crippen LogP contribution in [0.25, 0.3) is 0 Å². The quantitative estimate of drug-likeness (QED) is 0.479. The van der Waals surface area contributed by atoms with Gasteiger partial charge in [-0.3, -0.25) is 4.99 Å². The minimum Gasteiger partial charge on any atom is -0.356 e. The summed E-state index contributed by atoms with van der Waals surface area (Å²) in [7, 11) is 1.82. The van der Waals surface area contributed by atoms with Gasteiger partial charge in [0.05, 0.1) is 17.7 Å². The number of nitrogens with zero attached hydrogens (tertiary/aromatic N) is 3. The summed E-state index contributed by atoms with van der Waals surface area (Å²) in [5.74, 6) is 1.78. The average Bonchev–Trinajstić information content (AvgIpc) is 2.93. The Hall–Kier alpha value is -1.14. The van der Waals surface area contributed by atoms with Crippen molar-refractivity contribution in [3.63, 3.8) is 0 Å². The molecule has 6 heteroatoms. The van der Waals surface area contributed by atoms with Gasteiger partial charge in [0.15, 0.2) is 5.96 Å². The van der Waals surface area contributed by atoms with E-state index < -0.39 is 0 Å². The molecule has 0 radical (unpaired) electrons. The molecule has 0 aliphatic carbocycles. The van der Waals surface area contributed by atoms with E-state index in [-0.39, 0.29) is 0 Å². The van der Waals surface area contributed by atoms with Crippen LogP contribution in [0.15, 0.2) is 10.5 Å². The van der Waals surface area contributed by atoms with E-state index in [0.717, 1.165) is 37.1 Å². The first-order valence-electron chi connectivity index (χ1n) is 8.25. The summed E-state index contributed by atoms with van der Waals surface area (Å²) in [5, 5.41) is 6.75. The highest BCUT2D eigenvalue weighted by Crippen LogP contribution is 2.15. The highest BCUT2D eigenvalue weighted by atomic mass is 32.1. The highest BCUT2D eigenvalue weighted by molar-refractivity contribution is 7.09. The van der Waals surface area contributed by atoms with Crippen molar-refractivity contribution in [3.8, 4) is 0 Å². The predicted octanol–water partition coefficient (Wildman–Crippen LogP) is 2.24. The number of rotatable bonds is 6. The molecule has 0 aromatic carbocycles. The second-order valence-electron chi connectivity index (χ2n) is 6.09. The lowest BCUT2D eigenvalue weighted by Crippen LogP contribution is -2.39. The van der Waals surface area contributed by atoms with Crippen molar-refractivity contribution >= 4 is 17.3 Å². The molecule has 124 valence electrons. The van der Waals surface area contributed by atoms with Gasteiger partial charge in [-0.05, 0) is 51.7 Å². The Bertz CT molecular complexity index is 463. The Morgan fingerprint density at radius 2 is 2.18 bits per heavy atom. The van der Waals surface area contributed by atoms with Crippen LogP contribution in [0.3, 0.4) is 0 Å². The Kier molecular flexibility index (Phi) is 7.12. The summed E-state index contributed by atoms with van der Waals surface area (Å²) in [4.78, 5) is 12.4.